The van der Waals surface area contributed by atoms with Crippen LogP contribution < -0.4 is 4.90 Å². The molecule has 1 saturated heterocycles. The standard InChI is InChI=1S/C11H10ClFN4O/c12-8-2-9(13)4-10(3-8)17-6-7(1-11(17)18)5-15-16-14/h2-4,7H,1,5-6H2. The molecule has 1 aromatic rings. The highest BCUT2D eigenvalue weighted by atomic mass is 35.5. The van der Waals surface area contributed by atoms with Crippen molar-refractivity contribution in [1.29, 1.82) is 0 Å². The third kappa shape index (κ3) is 2.72. The third-order valence-corrected chi connectivity index (χ3v) is 2.99. The zero-order chi connectivity index (χ0) is 13.1. The summed E-state index contributed by atoms with van der Waals surface area (Å²) in [4.78, 5) is 15.9. The Labute approximate surface area is 108 Å². The van der Waals surface area contributed by atoms with Gasteiger partial charge in [-0.05, 0) is 29.6 Å². The summed E-state index contributed by atoms with van der Waals surface area (Å²) in [5.41, 5.74) is 8.68. The quantitative estimate of drug-likeness (QED) is 0.472. The molecular weight excluding hydrogens is 259 g/mol. The van der Waals surface area contributed by atoms with E-state index in [-0.39, 0.29) is 23.4 Å². The fraction of sp³-hybridized carbons (Fsp3) is 0.364. The molecule has 1 amide bonds. The Balaban J connectivity index is 2.18. The summed E-state index contributed by atoms with van der Waals surface area (Å²) >= 11 is 5.75. The maximum Gasteiger partial charge on any atom is 0.227 e. The molecule has 0 spiro atoms. The van der Waals surface area contributed by atoms with Crippen LogP contribution in [-0.4, -0.2) is 19.0 Å². The van der Waals surface area contributed by atoms with Crippen LogP contribution in [0.4, 0.5) is 10.1 Å². The van der Waals surface area contributed by atoms with E-state index in [0.29, 0.717) is 18.7 Å². The highest BCUT2D eigenvalue weighted by molar-refractivity contribution is 6.31. The second-order valence-electron chi connectivity index (χ2n) is 4.12. The molecule has 1 aliphatic rings. The zero-order valence-corrected chi connectivity index (χ0v) is 10.1. The van der Waals surface area contributed by atoms with Crippen LogP contribution in [-0.2, 0) is 4.79 Å². The number of hydrogen-bond donors (Lipinski definition) is 0. The molecule has 1 unspecified atom stereocenters. The Kier molecular flexibility index (Phi) is 3.69. The first-order chi connectivity index (χ1) is 8.60. The van der Waals surface area contributed by atoms with E-state index in [1.165, 1.54) is 17.0 Å². The van der Waals surface area contributed by atoms with E-state index in [4.69, 9.17) is 17.1 Å². The van der Waals surface area contributed by atoms with E-state index < -0.39 is 5.82 Å². The summed E-state index contributed by atoms with van der Waals surface area (Å²) in [7, 11) is 0. The lowest BCUT2D eigenvalue weighted by molar-refractivity contribution is -0.117. The summed E-state index contributed by atoms with van der Waals surface area (Å²) in [6.07, 6.45) is 0.299. The lowest BCUT2D eigenvalue weighted by Gasteiger charge is -2.16. The average molecular weight is 269 g/mol. The van der Waals surface area contributed by atoms with Crippen molar-refractivity contribution in [2.75, 3.05) is 18.0 Å². The SMILES string of the molecule is [N-]=[N+]=NCC1CC(=O)N(c2cc(F)cc(Cl)c2)C1. The molecule has 5 nitrogen and oxygen atoms in total. The summed E-state index contributed by atoms with van der Waals surface area (Å²) in [5.74, 6) is -0.631. The van der Waals surface area contributed by atoms with Gasteiger partial charge in [-0.15, -0.1) is 0 Å². The zero-order valence-electron chi connectivity index (χ0n) is 9.38. The highest BCUT2D eigenvalue weighted by Crippen LogP contribution is 2.28. The van der Waals surface area contributed by atoms with Crippen LogP contribution >= 0.6 is 11.6 Å². The first-order valence-electron chi connectivity index (χ1n) is 5.37. The molecule has 7 heteroatoms. The van der Waals surface area contributed by atoms with Crippen molar-refractivity contribution in [3.05, 3.63) is 39.5 Å². The average Bonchev–Trinajstić information content (AvgIpc) is 2.66. The van der Waals surface area contributed by atoms with Gasteiger partial charge in [-0.1, -0.05) is 16.7 Å². The molecule has 94 valence electrons. The van der Waals surface area contributed by atoms with E-state index in [9.17, 15) is 9.18 Å². The molecule has 0 saturated carbocycles. The molecule has 1 heterocycles. The summed E-state index contributed by atoms with van der Waals surface area (Å²) in [5, 5.41) is 3.70. The number of halogens is 2. The Hall–Kier alpha value is -1.78. The van der Waals surface area contributed by atoms with Crippen LogP contribution in [0.25, 0.3) is 10.4 Å². The lowest BCUT2D eigenvalue weighted by Crippen LogP contribution is -2.24. The van der Waals surface area contributed by atoms with E-state index in [2.05, 4.69) is 10.0 Å². The van der Waals surface area contributed by atoms with Gasteiger partial charge in [-0.2, -0.15) is 0 Å². The van der Waals surface area contributed by atoms with Crippen LogP contribution in [0.2, 0.25) is 5.02 Å². The predicted molar refractivity (Wildman–Crippen MR) is 65.9 cm³/mol. The van der Waals surface area contributed by atoms with Crippen LogP contribution in [0.15, 0.2) is 23.3 Å². The Morgan fingerprint density at radius 3 is 3.00 bits per heavy atom. The topological polar surface area (TPSA) is 69.1 Å². The maximum atomic E-state index is 13.2. The fourth-order valence-electron chi connectivity index (χ4n) is 2.00. The summed E-state index contributed by atoms with van der Waals surface area (Å²) in [6.45, 7) is 0.680. The molecule has 0 N–H and O–H groups in total. The number of anilines is 1. The van der Waals surface area contributed by atoms with Crippen molar-refractivity contribution in [1.82, 2.24) is 0 Å². The Morgan fingerprint density at radius 2 is 2.33 bits per heavy atom. The second-order valence-corrected chi connectivity index (χ2v) is 4.55. The van der Waals surface area contributed by atoms with Crippen molar-refractivity contribution < 1.29 is 9.18 Å². The smallest absolute Gasteiger partial charge is 0.227 e. The van der Waals surface area contributed by atoms with Gasteiger partial charge in [0.25, 0.3) is 0 Å². The number of carbonyl (C=O) groups excluding carboxylic acids is 1. The number of benzene rings is 1. The minimum Gasteiger partial charge on any atom is -0.312 e. The van der Waals surface area contributed by atoms with Gasteiger partial charge in [0, 0.05) is 35.1 Å². The number of amides is 1. The first kappa shape index (κ1) is 12.7. The van der Waals surface area contributed by atoms with Crippen molar-refractivity contribution in [2.24, 2.45) is 11.0 Å². The molecule has 18 heavy (non-hydrogen) atoms. The molecule has 1 aromatic carbocycles. The van der Waals surface area contributed by atoms with Gasteiger partial charge in [-0.3, -0.25) is 4.79 Å². The van der Waals surface area contributed by atoms with Gasteiger partial charge < -0.3 is 4.90 Å². The van der Waals surface area contributed by atoms with Crippen molar-refractivity contribution in [3.8, 4) is 0 Å². The second kappa shape index (κ2) is 5.25. The van der Waals surface area contributed by atoms with Gasteiger partial charge in [0.15, 0.2) is 0 Å². The molecule has 1 atom stereocenters. The van der Waals surface area contributed by atoms with Crippen molar-refractivity contribution in [2.45, 2.75) is 6.42 Å². The molecule has 1 fully saturated rings. The fourth-order valence-corrected chi connectivity index (χ4v) is 2.22. The Bertz CT molecular complexity index is 510. The van der Waals surface area contributed by atoms with Crippen LogP contribution in [0.5, 0.6) is 0 Å². The van der Waals surface area contributed by atoms with E-state index in [1.54, 1.807) is 6.07 Å². The van der Waals surface area contributed by atoms with Crippen molar-refractivity contribution in [3.63, 3.8) is 0 Å². The first-order valence-corrected chi connectivity index (χ1v) is 5.75. The Morgan fingerprint density at radius 1 is 1.56 bits per heavy atom. The van der Waals surface area contributed by atoms with Gasteiger partial charge in [0.05, 0.1) is 0 Å². The van der Waals surface area contributed by atoms with Crippen LogP contribution in [0, 0.1) is 11.7 Å². The monoisotopic (exact) mass is 268 g/mol. The summed E-state index contributed by atoms with van der Waals surface area (Å²) < 4.78 is 13.2. The molecule has 0 aromatic heterocycles. The molecule has 1 aliphatic heterocycles. The number of nitrogens with zero attached hydrogens (tertiary/aromatic N) is 4. The predicted octanol–water partition coefficient (Wildman–Crippen LogP) is 3.14. The van der Waals surface area contributed by atoms with E-state index in [0.717, 1.165) is 0 Å². The van der Waals surface area contributed by atoms with Gasteiger partial charge in [0.1, 0.15) is 5.82 Å². The number of rotatable bonds is 3. The van der Waals surface area contributed by atoms with Crippen LogP contribution in [0.1, 0.15) is 6.42 Å². The molecule has 0 aliphatic carbocycles. The molecule has 0 radical (unpaired) electrons. The minimum atomic E-state index is -0.483. The molecule has 0 bridgehead atoms. The third-order valence-electron chi connectivity index (χ3n) is 2.77. The van der Waals surface area contributed by atoms with Crippen molar-refractivity contribution >= 4 is 23.2 Å². The van der Waals surface area contributed by atoms with Gasteiger partial charge >= 0.3 is 0 Å². The number of carbonyl (C=O) groups is 1. The molecule has 2 rings (SSSR count). The van der Waals surface area contributed by atoms with E-state index >= 15 is 0 Å². The summed E-state index contributed by atoms with van der Waals surface area (Å²) in [6, 6.07) is 3.99. The normalized spacial score (nSPS) is 18.9. The van der Waals surface area contributed by atoms with E-state index in [1.807, 2.05) is 0 Å². The van der Waals surface area contributed by atoms with Gasteiger partial charge in [0.2, 0.25) is 5.91 Å². The molecular formula is C11H10ClFN4O. The lowest BCUT2D eigenvalue weighted by atomic mass is 10.1. The van der Waals surface area contributed by atoms with Gasteiger partial charge in [-0.25, -0.2) is 4.39 Å². The highest BCUT2D eigenvalue weighted by Gasteiger charge is 2.30. The number of azide groups is 1. The largest absolute Gasteiger partial charge is 0.312 e. The number of hydrogen-bond acceptors (Lipinski definition) is 2. The van der Waals surface area contributed by atoms with Crippen LogP contribution in [0.3, 0.4) is 0 Å². The minimum absolute atomic E-state index is 0.0320. The maximum absolute atomic E-state index is 13.2.